The van der Waals surface area contributed by atoms with Crippen LogP contribution in [0.1, 0.15) is 6.42 Å². The fraction of sp³-hybridized carbons (Fsp3) is 0.571. The third-order valence-corrected chi connectivity index (χ3v) is 3.11. The van der Waals surface area contributed by atoms with Crippen molar-refractivity contribution in [3.63, 3.8) is 0 Å². The van der Waals surface area contributed by atoms with Crippen LogP contribution in [0.25, 0.3) is 0 Å². The molecule has 0 radical (unpaired) electrons. The van der Waals surface area contributed by atoms with Gasteiger partial charge in [-0.15, -0.1) is 6.58 Å². The van der Waals surface area contributed by atoms with Crippen molar-refractivity contribution in [3.8, 4) is 0 Å². The van der Waals surface area contributed by atoms with Crippen LogP contribution < -0.4 is 0 Å². The van der Waals surface area contributed by atoms with E-state index >= 15 is 0 Å². The number of rotatable bonds is 4. The van der Waals surface area contributed by atoms with Crippen molar-refractivity contribution in [1.82, 2.24) is 0 Å². The number of hydrogen-bond donors (Lipinski definition) is 0. The van der Waals surface area contributed by atoms with Gasteiger partial charge in [-0.05, 0) is 0 Å². The molecule has 1 aliphatic rings. The molecule has 0 saturated carbocycles. The van der Waals surface area contributed by atoms with Crippen molar-refractivity contribution in [2.24, 2.45) is 0 Å². The summed E-state index contributed by atoms with van der Waals surface area (Å²) < 4.78 is 20.7. The lowest BCUT2D eigenvalue weighted by Gasteiger charge is -2.04. The lowest BCUT2D eigenvalue weighted by molar-refractivity contribution is -0.137. The van der Waals surface area contributed by atoms with E-state index in [-0.39, 0.29) is 6.61 Å². The zero-order valence-electron chi connectivity index (χ0n) is 6.62. The summed E-state index contributed by atoms with van der Waals surface area (Å²) in [6.07, 6.45) is 2.01. The lowest BCUT2D eigenvalue weighted by atomic mass is 10.4. The van der Waals surface area contributed by atoms with E-state index in [9.17, 15) is 9.36 Å². The Kier molecular flexibility index (Phi) is 3.50. The summed E-state index contributed by atoms with van der Waals surface area (Å²) in [6, 6.07) is 0. The summed E-state index contributed by atoms with van der Waals surface area (Å²) in [4.78, 5) is 10.9. The highest BCUT2D eigenvalue weighted by Crippen LogP contribution is 2.35. The highest BCUT2D eigenvalue weighted by molar-refractivity contribution is 7.41. The van der Waals surface area contributed by atoms with Crippen LogP contribution in [-0.2, 0) is 18.6 Å². The van der Waals surface area contributed by atoms with E-state index in [1.54, 1.807) is 0 Å². The minimum Gasteiger partial charge on any atom is -0.465 e. The van der Waals surface area contributed by atoms with Crippen molar-refractivity contribution >= 4 is 14.0 Å². The van der Waals surface area contributed by atoms with Crippen LogP contribution in [0.3, 0.4) is 0 Å². The molecule has 68 valence electrons. The van der Waals surface area contributed by atoms with Crippen LogP contribution in [0.2, 0.25) is 0 Å². The summed E-state index contributed by atoms with van der Waals surface area (Å²) in [6.45, 7) is 4.00. The molecule has 2 unspecified atom stereocenters. The van der Waals surface area contributed by atoms with Gasteiger partial charge in [0.25, 0.3) is 0 Å². The molecule has 1 heterocycles. The summed E-state index contributed by atoms with van der Waals surface area (Å²) in [5.41, 5.74) is -0.532. The molecule has 1 rings (SSSR count). The molecule has 1 saturated heterocycles. The first-order valence-corrected chi connectivity index (χ1v) is 5.09. The molecule has 0 aromatic carbocycles. The Morgan fingerprint density at radius 3 is 3.08 bits per heavy atom. The summed E-state index contributed by atoms with van der Waals surface area (Å²) in [5.74, 6) is -0.400. The Labute approximate surface area is 71.4 Å². The predicted molar refractivity (Wildman–Crippen MR) is 44.5 cm³/mol. The molecule has 1 fully saturated rings. The molecular weight excluding hydrogens is 179 g/mol. The topological polar surface area (TPSA) is 52.6 Å². The monoisotopic (exact) mass is 190 g/mol. The average molecular weight is 190 g/mol. The standard InChI is InChI=1S/C7H11O4P/c1-2-4-11-12(9)6-3-5-10-7(6)8/h2,6,12H,1,3-5H2. The van der Waals surface area contributed by atoms with Gasteiger partial charge in [0.15, 0.2) is 0 Å². The van der Waals surface area contributed by atoms with Gasteiger partial charge in [0, 0.05) is 6.42 Å². The maximum atomic E-state index is 11.2. The third-order valence-electron chi connectivity index (χ3n) is 1.56. The Bertz CT molecular complexity index is 213. The molecule has 0 spiro atoms. The van der Waals surface area contributed by atoms with E-state index in [2.05, 4.69) is 11.3 Å². The van der Waals surface area contributed by atoms with Gasteiger partial charge in [-0.2, -0.15) is 0 Å². The summed E-state index contributed by atoms with van der Waals surface area (Å²) in [7, 11) is -2.27. The van der Waals surface area contributed by atoms with Gasteiger partial charge in [0.2, 0.25) is 8.03 Å². The van der Waals surface area contributed by atoms with E-state index in [1.807, 2.05) is 0 Å². The number of hydrogen-bond acceptors (Lipinski definition) is 4. The summed E-state index contributed by atoms with van der Waals surface area (Å²) >= 11 is 0. The molecule has 5 heteroatoms. The lowest BCUT2D eigenvalue weighted by Crippen LogP contribution is -2.10. The van der Waals surface area contributed by atoms with Gasteiger partial charge < -0.3 is 9.26 Å². The van der Waals surface area contributed by atoms with Gasteiger partial charge in [-0.3, -0.25) is 9.36 Å². The molecule has 1 aliphatic heterocycles. The van der Waals surface area contributed by atoms with Gasteiger partial charge >= 0.3 is 5.97 Å². The van der Waals surface area contributed by atoms with Crippen molar-refractivity contribution in [1.29, 1.82) is 0 Å². The second kappa shape index (κ2) is 4.43. The van der Waals surface area contributed by atoms with Crippen LogP contribution in [0.5, 0.6) is 0 Å². The van der Waals surface area contributed by atoms with E-state index < -0.39 is 19.7 Å². The molecule has 0 aliphatic carbocycles. The smallest absolute Gasteiger partial charge is 0.318 e. The molecule has 4 nitrogen and oxygen atoms in total. The first-order valence-electron chi connectivity index (χ1n) is 3.70. The fourth-order valence-corrected chi connectivity index (χ4v) is 2.06. The number of esters is 1. The van der Waals surface area contributed by atoms with E-state index in [1.165, 1.54) is 6.08 Å². The predicted octanol–water partition coefficient (Wildman–Crippen LogP) is 0.979. The average Bonchev–Trinajstić information content (AvgIpc) is 2.47. The minimum absolute atomic E-state index is 0.224. The maximum absolute atomic E-state index is 11.2. The number of carbonyl (C=O) groups excluding carboxylic acids is 1. The van der Waals surface area contributed by atoms with Crippen molar-refractivity contribution in [3.05, 3.63) is 12.7 Å². The second-order valence-electron chi connectivity index (χ2n) is 2.43. The first-order chi connectivity index (χ1) is 5.75. The minimum atomic E-state index is -2.27. The van der Waals surface area contributed by atoms with Crippen molar-refractivity contribution in [2.45, 2.75) is 12.1 Å². The van der Waals surface area contributed by atoms with E-state index in [4.69, 9.17) is 4.52 Å². The van der Waals surface area contributed by atoms with Gasteiger partial charge in [-0.25, -0.2) is 0 Å². The fourth-order valence-electron chi connectivity index (χ4n) is 0.952. The SMILES string of the molecule is C=CCO[PH](=O)C1CCOC1=O. The Morgan fingerprint density at radius 2 is 2.58 bits per heavy atom. The molecule has 0 amide bonds. The Hall–Kier alpha value is -0.600. The molecule has 0 bridgehead atoms. The van der Waals surface area contributed by atoms with Crippen LogP contribution >= 0.6 is 8.03 Å². The summed E-state index contributed by atoms with van der Waals surface area (Å²) in [5, 5.41) is 0. The zero-order chi connectivity index (χ0) is 8.97. The molecule has 0 aromatic heterocycles. The van der Waals surface area contributed by atoms with E-state index in [0.29, 0.717) is 13.0 Å². The first kappa shape index (κ1) is 9.49. The van der Waals surface area contributed by atoms with Crippen LogP contribution in [0, 0.1) is 0 Å². The number of cyclic esters (lactones) is 1. The van der Waals surface area contributed by atoms with Gasteiger partial charge in [0.1, 0.15) is 5.66 Å². The van der Waals surface area contributed by atoms with Crippen LogP contribution in [0.4, 0.5) is 0 Å². The van der Waals surface area contributed by atoms with Crippen LogP contribution in [-0.4, -0.2) is 24.8 Å². The van der Waals surface area contributed by atoms with Gasteiger partial charge in [-0.1, -0.05) is 6.08 Å². The number of ether oxygens (including phenoxy) is 1. The molecule has 12 heavy (non-hydrogen) atoms. The van der Waals surface area contributed by atoms with E-state index in [0.717, 1.165) is 0 Å². The Balaban J connectivity index is 2.40. The number of carbonyl (C=O) groups is 1. The second-order valence-corrected chi connectivity index (χ2v) is 4.05. The molecule has 2 atom stereocenters. The highest BCUT2D eigenvalue weighted by atomic mass is 31.1. The maximum Gasteiger partial charge on any atom is 0.318 e. The Morgan fingerprint density at radius 1 is 1.83 bits per heavy atom. The largest absolute Gasteiger partial charge is 0.465 e. The zero-order valence-corrected chi connectivity index (χ0v) is 7.62. The third kappa shape index (κ3) is 2.19. The molecule has 0 N–H and O–H groups in total. The van der Waals surface area contributed by atoms with Crippen molar-refractivity contribution < 1.29 is 18.6 Å². The highest BCUT2D eigenvalue weighted by Gasteiger charge is 2.32. The normalized spacial score (nSPS) is 25.0. The van der Waals surface area contributed by atoms with Crippen molar-refractivity contribution in [2.75, 3.05) is 13.2 Å². The van der Waals surface area contributed by atoms with Gasteiger partial charge in [0.05, 0.1) is 13.2 Å². The van der Waals surface area contributed by atoms with Crippen LogP contribution in [0.15, 0.2) is 12.7 Å². The molecular formula is C7H11O4P. The molecule has 0 aromatic rings. The quantitative estimate of drug-likeness (QED) is 0.376.